The van der Waals surface area contributed by atoms with Gasteiger partial charge in [0.05, 0.1) is 5.56 Å². The van der Waals surface area contributed by atoms with Crippen molar-refractivity contribution in [3.05, 3.63) is 29.6 Å². The predicted molar refractivity (Wildman–Crippen MR) is 36.6 cm³/mol. The first-order valence-electron chi connectivity index (χ1n) is 2.90. The average molecular weight is 155 g/mol. The summed E-state index contributed by atoms with van der Waals surface area (Å²) in [5.41, 5.74) is -0.0621. The molecule has 0 heterocycles. The van der Waals surface area contributed by atoms with Gasteiger partial charge in [0.25, 0.3) is 0 Å². The number of hydrogen-bond acceptors (Lipinski definition) is 3. The molecule has 0 bridgehead atoms. The van der Waals surface area contributed by atoms with Gasteiger partial charge in [-0.2, -0.15) is 5.90 Å². The number of halogens is 1. The first-order valence-corrected chi connectivity index (χ1v) is 2.90. The van der Waals surface area contributed by atoms with Crippen molar-refractivity contribution in [1.29, 1.82) is 0 Å². The van der Waals surface area contributed by atoms with E-state index in [4.69, 9.17) is 5.90 Å². The summed E-state index contributed by atoms with van der Waals surface area (Å²) < 4.78 is 12.8. The van der Waals surface area contributed by atoms with Gasteiger partial charge >= 0.3 is 0 Å². The van der Waals surface area contributed by atoms with Gasteiger partial charge in [0.15, 0.2) is 17.9 Å². The highest BCUT2D eigenvalue weighted by Crippen LogP contribution is 2.17. The van der Waals surface area contributed by atoms with Gasteiger partial charge in [0.2, 0.25) is 0 Å². The molecule has 0 aliphatic heterocycles. The van der Waals surface area contributed by atoms with Gasteiger partial charge in [-0.05, 0) is 12.1 Å². The fourth-order valence-electron chi connectivity index (χ4n) is 0.710. The van der Waals surface area contributed by atoms with E-state index in [0.717, 1.165) is 0 Å². The third-order valence-electron chi connectivity index (χ3n) is 1.25. The van der Waals surface area contributed by atoms with Crippen molar-refractivity contribution in [3.63, 3.8) is 0 Å². The summed E-state index contributed by atoms with van der Waals surface area (Å²) in [6, 6.07) is 4.15. The van der Waals surface area contributed by atoms with Crippen molar-refractivity contribution in [2.45, 2.75) is 0 Å². The van der Waals surface area contributed by atoms with Gasteiger partial charge < -0.3 is 4.84 Å². The molecule has 0 aliphatic carbocycles. The Morgan fingerprint density at radius 2 is 2.27 bits per heavy atom. The molecule has 0 radical (unpaired) electrons. The number of benzene rings is 1. The third kappa shape index (κ3) is 1.35. The minimum atomic E-state index is -0.731. The van der Waals surface area contributed by atoms with E-state index < -0.39 is 5.82 Å². The molecule has 0 atom stereocenters. The largest absolute Gasteiger partial charge is 0.408 e. The Balaban J connectivity index is 3.20. The van der Waals surface area contributed by atoms with Crippen LogP contribution in [0, 0.1) is 5.82 Å². The smallest absolute Gasteiger partial charge is 0.183 e. The zero-order valence-electron chi connectivity index (χ0n) is 5.58. The Morgan fingerprint density at radius 1 is 1.55 bits per heavy atom. The van der Waals surface area contributed by atoms with Crippen molar-refractivity contribution in [3.8, 4) is 5.75 Å². The van der Waals surface area contributed by atoms with E-state index in [1.165, 1.54) is 18.2 Å². The summed E-state index contributed by atoms with van der Waals surface area (Å²) in [5.74, 6) is 3.86. The topological polar surface area (TPSA) is 52.3 Å². The van der Waals surface area contributed by atoms with Gasteiger partial charge in [0.1, 0.15) is 0 Å². The second kappa shape index (κ2) is 3.12. The van der Waals surface area contributed by atoms with E-state index in [1.54, 1.807) is 0 Å². The quantitative estimate of drug-likeness (QED) is 0.509. The van der Waals surface area contributed by atoms with Crippen LogP contribution in [-0.4, -0.2) is 6.29 Å². The van der Waals surface area contributed by atoms with Crippen LogP contribution in [0.15, 0.2) is 18.2 Å². The van der Waals surface area contributed by atoms with E-state index >= 15 is 0 Å². The van der Waals surface area contributed by atoms with Crippen LogP contribution in [0.1, 0.15) is 10.4 Å². The maximum Gasteiger partial charge on any atom is 0.183 e. The molecule has 2 N–H and O–H groups in total. The van der Waals surface area contributed by atoms with Crippen LogP contribution in [0.2, 0.25) is 0 Å². The Hall–Kier alpha value is -1.42. The van der Waals surface area contributed by atoms with Crippen LogP contribution in [-0.2, 0) is 0 Å². The Labute approximate surface area is 62.5 Å². The SMILES string of the molecule is NOc1cccc(C=O)c1F. The van der Waals surface area contributed by atoms with E-state index in [-0.39, 0.29) is 11.3 Å². The van der Waals surface area contributed by atoms with Crippen LogP contribution in [0.3, 0.4) is 0 Å². The summed E-state index contributed by atoms with van der Waals surface area (Å²) >= 11 is 0. The molecule has 0 aliphatic rings. The van der Waals surface area contributed by atoms with Gasteiger partial charge in [-0.15, -0.1) is 0 Å². The molecule has 1 aromatic carbocycles. The standard InChI is InChI=1S/C7H6FNO2/c8-7-5(4-10)2-1-3-6(7)11-9/h1-4H,9H2. The Kier molecular flexibility index (Phi) is 2.18. The zero-order valence-corrected chi connectivity index (χ0v) is 5.58. The monoisotopic (exact) mass is 155 g/mol. The van der Waals surface area contributed by atoms with Crippen molar-refractivity contribution < 1.29 is 14.0 Å². The molecule has 1 rings (SSSR count). The molecule has 11 heavy (non-hydrogen) atoms. The van der Waals surface area contributed by atoms with Crippen LogP contribution in [0.5, 0.6) is 5.75 Å². The normalized spacial score (nSPS) is 9.27. The van der Waals surface area contributed by atoms with Crippen molar-refractivity contribution >= 4 is 6.29 Å². The number of aldehydes is 1. The number of rotatable bonds is 2. The third-order valence-corrected chi connectivity index (χ3v) is 1.25. The minimum Gasteiger partial charge on any atom is -0.408 e. The summed E-state index contributed by atoms with van der Waals surface area (Å²) in [5, 5.41) is 0. The molecule has 0 saturated heterocycles. The average Bonchev–Trinajstić information content (AvgIpc) is 2.05. The molecule has 0 aromatic heterocycles. The van der Waals surface area contributed by atoms with Crippen LogP contribution in [0.4, 0.5) is 4.39 Å². The first kappa shape index (κ1) is 7.68. The highest BCUT2D eigenvalue weighted by Gasteiger charge is 2.06. The summed E-state index contributed by atoms with van der Waals surface area (Å²) in [4.78, 5) is 14.3. The summed E-state index contributed by atoms with van der Waals surface area (Å²) in [7, 11) is 0. The van der Waals surface area contributed by atoms with E-state index in [1.807, 2.05) is 0 Å². The molecule has 0 amide bonds. The first-order chi connectivity index (χ1) is 5.29. The van der Waals surface area contributed by atoms with E-state index in [2.05, 4.69) is 4.84 Å². The maximum absolute atomic E-state index is 12.8. The molecule has 1 aromatic rings. The van der Waals surface area contributed by atoms with E-state index in [9.17, 15) is 9.18 Å². The second-order valence-corrected chi connectivity index (χ2v) is 1.90. The Morgan fingerprint density at radius 3 is 2.82 bits per heavy atom. The molecular formula is C7H6FNO2. The molecule has 0 saturated carbocycles. The number of carbonyl (C=O) groups excluding carboxylic acids is 1. The lowest BCUT2D eigenvalue weighted by molar-refractivity contribution is 0.111. The lowest BCUT2D eigenvalue weighted by atomic mass is 10.2. The Bertz CT molecular complexity index is 275. The highest BCUT2D eigenvalue weighted by molar-refractivity contribution is 5.76. The van der Waals surface area contributed by atoms with Crippen LogP contribution < -0.4 is 10.7 Å². The zero-order chi connectivity index (χ0) is 8.27. The molecule has 0 spiro atoms. The van der Waals surface area contributed by atoms with Crippen molar-refractivity contribution in [2.75, 3.05) is 0 Å². The lowest BCUT2D eigenvalue weighted by Crippen LogP contribution is -2.04. The predicted octanol–water partition coefficient (Wildman–Crippen LogP) is 0.891. The molecule has 58 valence electrons. The second-order valence-electron chi connectivity index (χ2n) is 1.90. The molecule has 4 heteroatoms. The highest BCUT2D eigenvalue weighted by atomic mass is 19.1. The minimum absolute atomic E-state index is 0.0621. The van der Waals surface area contributed by atoms with Gasteiger partial charge in [0, 0.05) is 0 Å². The van der Waals surface area contributed by atoms with Crippen LogP contribution >= 0.6 is 0 Å². The maximum atomic E-state index is 12.8. The molecule has 3 nitrogen and oxygen atoms in total. The molecule has 0 unspecified atom stereocenters. The van der Waals surface area contributed by atoms with E-state index in [0.29, 0.717) is 6.29 Å². The lowest BCUT2D eigenvalue weighted by Gasteiger charge is -2.00. The van der Waals surface area contributed by atoms with Crippen molar-refractivity contribution in [2.24, 2.45) is 5.90 Å². The number of nitrogens with two attached hydrogens (primary N) is 1. The summed E-state index contributed by atoms with van der Waals surface area (Å²) in [6.07, 6.45) is 0.401. The van der Waals surface area contributed by atoms with Gasteiger partial charge in [-0.3, -0.25) is 4.79 Å². The fourth-order valence-corrected chi connectivity index (χ4v) is 0.710. The molecule has 0 fully saturated rings. The van der Waals surface area contributed by atoms with Crippen molar-refractivity contribution in [1.82, 2.24) is 0 Å². The number of hydrogen-bond donors (Lipinski definition) is 1. The van der Waals surface area contributed by atoms with Gasteiger partial charge in [-0.25, -0.2) is 4.39 Å². The fraction of sp³-hybridized carbons (Fsp3) is 0. The van der Waals surface area contributed by atoms with Gasteiger partial charge in [-0.1, -0.05) is 6.07 Å². The number of carbonyl (C=O) groups is 1. The molecular weight excluding hydrogens is 149 g/mol. The summed E-state index contributed by atoms with van der Waals surface area (Å²) in [6.45, 7) is 0. The van der Waals surface area contributed by atoms with Crippen LogP contribution in [0.25, 0.3) is 0 Å².